The van der Waals surface area contributed by atoms with Crippen LogP contribution in [0.5, 0.6) is 11.8 Å². The molecule has 4 atom stereocenters. The number of aromatic nitrogens is 3. The van der Waals surface area contributed by atoms with E-state index in [9.17, 15) is 24.6 Å². The Hall–Kier alpha value is -6.14. The molecule has 4 aromatic carbocycles. The first-order chi connectivity index (χ1) is 38.5. The fourth-order valence-electron chi connectivity index (χ4n) is 9.76. The molecular weight excluding hydrogens is 1070 g/mol. The first-order valence-electron chi connectivity index (χ1n) is 27.0. The number of benzene rings is 4. The number of β-amino-alcohol motifs (C(OH)–C–C–N with tert-alkyl or cyclic N) is 1. The molecule has 2 aliphatic rings. The van der Waals surface area contributed by atoms with Gasteiger partial charge in [0, 0.05) is 63.2 Å². The molecule has 3 amide bonds. The predicted molar refractivity (Wildman–Crippen MR) is 307 cm³/mol. The number of aryl methyl sites for hydroxylation is 1. The molecular formula is C58H73ClFN9O10S. The summed E-state index contributed by atoms with van der Waals surface area (Å²) in [5.41, 5.74) is 4.65. The quantitative estimate of drug-likeness (QED) is 0.0364. The lowest BCUT2D eigenvalue weighted by Crippen LogP contribution is -2.58. The van der Waals surface area contributed by atoms with Crippen LogP contribution >= 0.6 is 22.9 Å². The number of aromatic hydroxyl groups is 1. The topological polar surface area (TPSA) is 222 Å². The van der Waals surface area contributed by atoms with E-state index in [1.165, 1.54) is 11.0 Å². The number of carbonyl (C=O) groups is 3. The van der Waals surface area contributed by atoms with Crippen molar-refractivity contribution in [3.8, 4) is 33.3 Å². The lowest BCUT2D eigenvalue weighted by molar-refractivity contribution is -0.144. The maximum atomic E-state index is 16.8. The van der Waals surface area contributed by atoms with Crippen molar-refractivity contribution in [2.45, 2.75) is 65.3 Å². The number of hydrogen-bond acceptors (Lipinski definition) is 17. The average Bonchev–Trinajstić information content (AvgIpc) is 4.16. The molecule has 5 N–H and O–H groups in total. The van der Waals surface area contributed by atoms with E-state index >= 15 is 4.39 Å². The molecule has 2 fully saturated rings. The van der Waals surface area contributed by atoms with Crippen molar-refractivity contribution in [2.75, 3.05) is 117 Å². The Labute approximate surface area is 475 Å². The molecule has 430 valence electrons. The van der Waals surface area contributed by atoms with Crippen LogP contribution in [0.3, 0.4) is 0 Å². The largest absolute Gasteiger partial charge is 0.508 e. The van der Waals surface area contributed by atoms with Gasteiger partial charge in [0.1, 0.15) is 42.4 Å². The van der Waals surface area contributed by atoms with Gasteiger partial charge in [-0.05, 0) is 72.0 Å². The van der Waals surface area contributed by atoms with E-state index in [1.807, 2.05) is 101 Å². The third-order valence-corrected chi connectivity index (χ3v) is 15.4. The van der Waals surface area contributed by atoms with Crippen LogP contribution in [-0.2, 0) is 33.3 Å². The van der Waals surface area contributed by atoms with E-state index in [0.29, 0.717) is 76.0 Å². The Bertz CT molecular complexity index is 3070. The SMILES string of the molecule is Cc1ncsc1-c1ccc([C@H](C)NC(=O)[C@@H]2C[C@@H](O)CN2C(=O)[C@@H](NC(=O)COCCOCCOCCOCCN(C)CCOc2nc(N3CCNCC3)c3cc(Cl)c(-c4cc(O)cc5ccccc45)c(F)c3n2)C(C)(C)C)cc1. The molecule has 22 heteroatoms. The lowest BCUT2D eigenvalue weighted by Gasteiger charge is -2.35. The average molecular weight is 1140 g/mol. The van der Waals surface area contributed by atoms with Crippen LogP contribution in [0.25, 0.3) is 43.2 Å². The number of nitrogens with zero attached hydrogens (tertiary/aromatic N) is 6. The van der Waals surface area contributed by atoms with Gasteiger partial charge in [-0.2, -0.15) is 9.97 Å². The molecule has 0 unspecified atom stereocenters. The number of nitrogens with one attached hydrogen (secondary N) is 3. The number of likely N-dealkylation sites (tertiary alicyclic amines) is 1. The minimum absolute atomic E-state index is 0.00668. The Morgan fingerprint density at radius 1 is 0.900 bits per heavy atom. The minimum atomic E-state index is -0.987. The highest BCUT2D eigenvalue weighted by Crippen LogP contribution is 2.42. The van der Waals surface area contributed by atoms with E-state index in [0.717, 1.165) is 45.6 Å². The van der Waals surface area contributed by atoms with Crippen LogP contribution in [0.1, 0.15) is 51.4 Å². The van der Waals surface area contributed by atoms with Crippen LogP contribution in [-0.4, -0.2) is 183 Å². The number of anilines is 1. The van der Waals surface area contributed by atoms with Crippen LogP contribution < -0.4 is 25.6 Å². The molecule has 2 aliphatic heterocycles. The summed E-state index contributed by atoms with van der Waals surface area (Å²) in [5, 5.41) is 32.5. The van der Waals surface area contributed by atoms with E-state index in [-0.39, 0.29) is 79.2 Å². The van der Waals surface area contributed by atoms with E-state index in [4.69, 9.17) is 40.3 Å². The molecule has 4 heterocycles. The van der Waals surface area contributed by atoms with Crippen molar-refractivity contribution in [1.82, 2.24) is 40.7 Å². The second-order valence-corrected chi connectivity index (χ2v) is 22.4. The number of halogens is 2. The summed E-state index contributed by atoms with van der Waals surface area (Å²) in [7, 11) is 1.94. The fourth-order valence-corrected chi connectivity index (χ4v) is 10.9. The summed E-state index contributed by atoms with van der Waals surface area (Å²) in [5.74, 6) is -1.43. The number of aliphatic hydroxyl groups is 1. The van der Waals surface area contributed by atoms with Gasteiger partial charge in [0.05, 0.1) is 79.5 Å². The first kappa shape index (κ1) is 60.0. The molecule has 0 bridgehead atoms. The number of phenols is 1. The third-order valence-electron chi connectivity index (χ3n) is 14.1. The smallest absolute Gasteiger partial charge is 0.319 e. The minimum Gasteiger partial charge on any atom is -0.508 e. The summed E-state index contributed by atoms with van der Waals surface area (Å²) in [6.45, 7) is 15.3. The van der Waals surface area contributed by atoms with Crippen molar-refractivity contribution in [2.24, 2.45) is 5.41 Å². The number of phenolic OH excluding ortho intramolecular Hbond substituents is 1. The van der Waals surface area contributed by atoms with Crippen molar-refractivity contribution < 1.29 is 52.7 Å². The van der Waals surface area contributed by atoms with Gasteiger partial charge in [-0.25, -0.2) is 9.37 Å². The third kappa shape index (κ3) is 15.4. The van der Waals surface area contributed by atoms with Crippen molar-refractivity contribution in [3.63, 3.8) is 0 Å². The number of carbonyl (C=O) groups excluding carboxylic acids is 3. The number of rotatable bonds is 26. The number of hydrogen-bond donors (Lipinski definition) is 5. The van der Waals surface area contributed by atoms with Gasteiger partial charge in [-0.15, -0.1) is 11.3 Å². The summed E-state index contributed by atoms with van der Waals surface area (Å²) < 4.78 is 45.5. The highest BCUT2D eigenvalue weighted by Gasteiger charge is 2.45. The Kier molecular flexibility index (Phi) is 21.0. The Morgan fingerprint density at radius 3 is 2.26 bits per heavy atom. The van der Waals surface area contributed by atoms with Crippen molar-refractivity contribution in [3.05, 3.63) is 94.3 Å². The highest BCUT2D eigenvalue weighted by atomic mass is 35.5. The normalized spacial score (nSPS) is 16.6. The molecule has 19 nitrogen and oxygen atoms in total. The maximum absolute atomic E-state index is 16.8. The zero-order valence-corrected chi connectivity index (χ0v) is 47.8. The summed E-state index contributed by atoms with van der Waals surface area (Å²) in [6.07, 6.45) is -0.813. The lowest BCUT2D eigenvalue weighted by atomic mass is 9.85. The molecule has 0 spiro atoms. The number of amides is 3. The number of ether oxygens (including phenoxy) is 5. The number of piperazine rings is 1. The van der Waals surface area contributed by atoms with Crippen LogP contribution in [0.2, 0.25) is 5.02 Å². The van der Waals surface area contributed by atoms with Gasteiger partial charge in [-0.3, -0.25) is 14.4 Å². The predicted octanol–water partition coefficient (Wildman–Crippen LogP) is 6.54. The Balaban J connectivity index is 0.700. The molecule has 80 heavy (non-hydrogen) atoms. The van der Waals surface area contributed by atoms with Gasteiger partial charge >= 0.3 is 6.01 Å². The summed E-state index contributed by atoms with van der Waals surface area (Å²) in [6, 6.07) is 17.9. The van der Waals surface area contributed by atoms with Gasteiger partial charge in [-0.1, -0.05) is 80.9 Å². The van der Waals surface area contributed by atoms with E-state index in [1.54, 1.807) is 23.5 Å². The van der Waals surface area contributed by atoms with Crippen LogP contribution in [0, 0.1) is 18.2 Å². The van der Waals surface area contributed by atoms with E-state index < -0.39 is 41.2 Å². The van der Waals surface area contributed by atoms with Gasteiger partial charge in [0.2, 0.25) is 17.7 Å². The molecule has 0 saturated carbocycles. The number of likely N-dealkylation sites (N-methyl/N-ethyl adjacent to an activating group) is 1. The summed E-state index contributed by atoms with van der Waals surface area (Å²) >= 11 is 8.42. The number of thiazole rings is 1. The number of fused-ring (bicyclic) bond motifs is 2. The van der Waals surface area contributed by atoms with Gasteiger partial charge in [0.25, 0.3) is 0 Å². The summed E-state index contributed by atoms with van der Waals surface area (Å²) in [4.78, 5) is 61.0. The second-order valence-electron chi connectivity index (χ2n) is 21.1. The molecule has 2 saturated heterocycles. The molecule has 2 aromatic heterocycles. The monoisotopic (exact) mass is 1140 g/mol. The van der Waals surface area contributed by atoms with E-state index in [2.05, 4.69) is 30.8 Å². The second kappa shape index (κ2) is 28.0. The van der Waals surface area contributed by atoms with Crippen LogP contribution in [0.4, 0.5) is 10.2 Å². The van der Waals surface area contributed by atoms with Gasteiger partial charge < -0.3 is 64.5 Å². The first-order valence-corrected chi connectivity index (χ1v) is 28.3. The zero-order chi connectivity index (χ0) is 56.9. The molecule has 6 aromatic rings. The maximum Gasteiger partial charge on any atom is 0.319 e. The molecule has 0 aliphatic carbocycles. The van der Waals surface area contributed by atoms with Gasteiger partial charge in [0.15, 0.2) is 5.82 Å². The highest BCUT2D eigenvalue weighted by molar-refractivity contribution is 7.13. The Morgan fingerprint density at radius 2 is 1.57 bits per heavy atom. The zero-order valence-electron chi connectivity index (χ0n) is 46.3. The van der Waals surface area contributed by atoms with Crippen molar-refractivity contribution >= 4 is 68.2 Å². The van der Waals surface area contributed by atoms with Crippen molar-refractivity contribution in [1.29, 1.82) is 0 Å². The fraction of sp³-hybridized carbons (Fsp3) is 0.483. The molecule has 0 radical (unpaired) electrons. The number of aliphatic hydroxyl groups excluding tert-OH is 1. The van der Waals surface area contributed by atoms with Crippen LogP contribution in [0.15, 0.2) is 72.2 Å². The standard InChI is InChI=1S/C58H73ClFN9O10S/c1-36(38-11-13-39(14-12-38)52-37(2)62-35-80-52)63-55(73)47-31-42(71)33-69(47)56(74)53(58(3,4)5)64-48(72)34-78-28-27-77-26-25-76-24-23-75-21-19-67(6)20-22-79-57-65-51-45(54(66-57)68-17-15-61-16-18-68)32-46(59)49(50(51)60)44-30-41(70)29-40-9-7-8-10-43(40)44/h7-14,29-30,32,35-36,42,47,53,61,70-71H,15-28,31,33-34H2,1-6H3,(H,63,73)(H,64,72)/t36-,42+,47-,53+/m0/s1. The molecule has 8 rings (SSSR count).